The molecule has 1 N–H and O–H groups in total. The molecule has 11 heavy (non-hydrogen) atoms. The number of nitrogens with one attached hydrogen (secondary N) is 1. The van der Waals surface area contributed by atoms with Crippen LogP contribution in [0.2, 0.25) is 0 Å². The molecule has 0 spiro atoms. The van der Waals surface area contributed by atoms with E-state index in [9.17, 15) is 0 Å². The fraction of sp³-hybridized carbons (Fsp3) is 1.00. The summed E-state index contributed by atoms with van der Waals surface area (Å²) in [4.78, 5) is 0. The molecule has 1 aliphatic carbocycles. The average Bonchev–Trinajstić information content (AvgIpc) is 2.75. The molecule has 0 aromatic rings. The first-order valence-electron chi connectivity index (χ1n) is 5.04. The van der Waals surface area contributed by atoms with Crippen molar-refractivity contribution in [2.24, 2.45) is 17.8 Å². The molecule has 0 aromatic heterocycles. The van der Waals surface area contributed by atoms with E-state index in [1.807, 2.05) is 0 Å². The highest BCUT2D eigenvalue weighted by Gasteiger charge is 2.40. The third-order valence-corrected chi connectivity index (χ3v) is 3.47. The highest BCUT2D eigenvalue weighted by Crippen LogP contribution is 2.41. The maximum Gasteiger partial charge on any atom is 0.0224 e. The van der Waals surface area contributed by atoms with Gasteiger partial charge in [-0.25, -0.2) is 0 Å². The van der Waals surface area contributed by atoms with Gasteiger partial charge >= 0.3 is 0 Å². The summed E-state index contributed by atoms with van der Waals surface area (Å²) in [6.07, 6.45) is 4.36. The molecule has 2 fully saturated rings. The zero-order valence-corrected chi connectivity index (χ0v) is 7.64. The largest absolute Gasteiger partial charge is 0.311 e. The first-order valence-corrected chi connectivity index (χ1v) is 5.04. The summed E-state index contributed by atoms with van der Waals surface area (Å²) in [6.45, 7) is 6.05. The Kier molecular flexibility index (Phi) is 1.92. The van der Waals surface area contributed by atoms with Crippen molar-refractivity contribution in [3.05, 3.63) is 0 Å². The predicted octanol–water partition coefficient (Wildman–Crippen LogP) is 2.03. The minimum absolute atomic E-state index is 0.907. The molecule has 1 nitrogen and oxygen atoms in total. The molecule has 0 amide bonds. The normalized spacial score (nSPS) is 49.6. The molecule has 1 saturated heterocycles. The van der Waals surface area contributed by atoms with Gasteiger partial charge in [0, 0.05) is 12.6 Å². The van der Waals surface area contributed by atoms with Crippen LogP contribution in [0, 0.1) is 17.8 Å². The van der Waals surface area contributed by atoms with Crippen LogP contribution in [0.4, 0.5) is 0 Å². The summed E-state index contributed by atoms with van der Waals surface area (Å²) < 4.78 is 0. The van der Waals surface area contributed by atoms with Crippen LogP contribution in [0.25, 0.3) is 0 Å². The van der Waals surface area contributed by atoms with E-state index in [0.717, 1.165) is 23.8 Å². The van der Waals surface area contributed by atoms with Gasteiger partial charge in [0.05, 0.1) is 0 Å². The molecular formula is C10H19N. The van der Waals surface area contributed by atoms with E-state index < -0.39 is 0 Å². The summed E-state index contributed by atoms with van der Waals surface area (Å²) in [6, 6.07) is 0.907. The molecule has 4 atom stereocenters. The van der Waals surface area contributed by atoms with Gasteiger partial charge in [0.2, 0.25) is 0 Å². The molecule has 0 radical (unpaired) electrons. The third kappa shape index (κ3) is 1.44. The molecule has 0 bridgehead atoms. The molecule has 2 rings (SSSR count). The van der Waals surface area contributed by atoms with Crippen molar-refractivity contribution in [3.63, 3.8) is 0 Å². The van der Waals surface area contributed by atoms with Gasteiger partial charge < -0.3 is 5.32 Å². The molecule has 2 unspecified atom stereocenters. The van der Waals surface area contributed by atoms with E-state index in [4.69, 9.17) is 0 Å². The molecule has 1 saturated carbocycles. The second kappa shape index (κ2) is 2.78. The van der Waals surface area contributed by atoms with Crippen LogP contribution in [-0.4, -0.2) is 12.6 Å². The molecule has 1 heterocycles. The second-order valence-electron chi connectivity index (χ2n) is 4.42. The lowest BCUT2D eigenvalue weighted by atomic mass is 9.91. The topological polar surface area (TPSA) is 21.9 Å². The van der Waals surface area contributed by atoms with Crippen LogP contribution in [0.15, 0.2) is 0 Å². The van der Waals surface area contributed by atoms with Gasteiger partial charge in [-0.05, 0) is 30.6 Å². The fourth-order valence-electron chi connectivity index (χ4n) is 2.78. The highest BCUT2D eigenvalue weighted by atomic mass is 15.1. The Hall–Kier alpha value is -0.0400. The van der Waals surface area contributed by atoms with Gasteiger partial charge in [-0.3, -0.25) is 0 Å². The Balaban J connectivity index is 1.95. The van der Waals surface area contributed by atoms with Crippen LogP contribution in [-0.2, 0) is 0 Å². The monoisotopic (exact) mass is 153 g/mol. The molecule has 1 heteroatoms. The van der Waals surface area contributed by atoms with Crippen LogP contribution < -0.4 is 5.32 Å². The maximum atomic E-state index is 3.46. The van der Waals surface area contributed by atoms with E-state index in [1.54, 1.807) is 0 Å². The number of rotatable bonds is 2. The summed E-state index contributed by atoms with van der Waals surface area (Å²) in [7, 11) is 0. The van der Waals surface area contributed by atoms with E-state index in [-0.39, 0.29) is 0 Å². The van der Waals surface area contributed by atoms with Crippen molar-refractivity contribution in [3.8, 4) is 0 Å². The Morgan fingerprint density at radius 1 is 1.36 bits per heavy atom. The van der Waals surface area contributed by atoms with Gasteiger partial charge in [0.15, 0.2) is 0 Å². The lowest BCUT2D eigenvalue weighted by Crippen LogP contribution is -2.15. The summed E-state index contributed by atoms with van der Waals surface area (Å²) in [5.74, 6) is 3.05. The van der Waals surface area contributed by atoms with Crippen molar-refractivity contribution in [2.45, 2.75) is 39.2 Å². The quantitative estimate of drug-likeness (QED) is 0.602. The third-order valence-electron chi connectivity index (χ3n) is 3.47. The van der Waals surface area contributed by atoms with E-state index in [0.29, 0.717) is 0 Å². The van der Waals surface area contributed by atoms with Gasteiger partial charge in [0.25, 0.3) is 0 Å². The van der Waals surface area contributed by atoms with Gasteiger partial charge in [0.1, 0.15) is 0 Å². The molecule has 0 aromatic carbocycles. The minimum Gasteiger partial charge on any atom is -0.311 e. The van der Waals surface area contributed by atoms with Gasteiger partial charge in [-0.1, -0.05) is 20.3 Å². The summed E-state index contributed by atoms with van der Waals surface area (Å²) in [5, 5.41) is 3.46. The number of hydrogen-bond donors (Lipinski definition) is 1. The Morgan fingerprint density at radius 3 is 2.64 bits per heavy atom. The minimum atomic E-state index is 0.907. The summed E-state index contributed by atoms with van der Waals surface area (Å²) in [5.41, 5.74) is 0. The predicted molar refractivity (Wildman–Crippen MR) is 47.5 cm³/mol. The van der Waals surface area contributed by atoms with Gasteiger partial charge in [-0.15, -0.1) is 0 Å². The van der Waals surface area contributed by atoms with Crippen LogP contribution in [0.3, 0.4) is 0 Å². The Bertz CT molecular complexity index is 140. The lowest BCUT2D eigenvalue weighted by molar-refractivity contribution is 0.371. The maximum absolute atomic E-state index is 3.46. The smallest absolute Gasteiger partial charge is 0.0224 e. The second-order valence-corrected chi connectivity index (χ2v) is 4.42. The fourth-order valence-corrected chi connectivity index (χ4v) is 2.78. The van der Waals surface area contributed by atoms with Crippen molar-refractivity contribution in [1.82, 2.24) is 5.32 Å². The van der Waals surface area contributed by atoms with Crippen molar-refractivity contribution >= 4 is 0 Å². The van der Waals surface area contributed by atoms with Crippen molar-refractivity contribution in [1.29, 1.82) is 0 Å². The van der Waals surface area contributed by atoms with Gasteiger partial charge in [-0.2, -0.15) is 0 Å². The first-order chi connectivity index (χ1) is 5.31. The zero-order chi connectivity index (χ0) is 7.84. The zero-order valence-electron chi connectivity index (χ0n) is 7.64. The molecular weight excluding hydrogens is 134 g/mol. The number of hydrogen-bond acceptors (Lipinski definition) is 1. The van der Waals surface area contributed by atoms with E-state index >= 15 is 0 Å². The Morgan fingerprint density at radius 2 is 2.09 bits per heavy atom. The molecule has 64 valence electrons. The summed E-state index contributed by atoms with van der Waals surface area (Å²) >= 11 is 0. The SMILES string of the molecule is CCC1C[C@@H](C)CC1[C@@H]1CN1. The molecule has 1 aliphatic heterocycles. The van der Waals surface area contributed by atoms with E-state index in [2.05, 4.69) is 19.2 Å². The Labute approximate surface area is 69.6 Å². The van der Waals surface area contributed by atoms with E-state index in [1.165, 1.54) is 25.8 Å². The first kappa shape index (κ1) is 7.60. The van der Waals surface area contributed by atoms with Crippen LogP contribution in [0.1, 0.15) is 33.1 Å². The lowest BCUT2D eigenvalue weighted by Gasteiger charge is -2.15. The molecule has 2 aliphatic rings. The standard InChI is InChI=1S/C10H19N/c1-3-8-4-7(2)5-9(8)10-6-11-10/h7-11H,3-6H2,1-2H3/t7-,8?,9?,10+/m1/s1. The van der Waals surface area contributed by atoms with Crippen LogP contribution >= 0.6 is 0 Å². The average molecular weight is 153 g/mol. The van der Waals surface area contributed by atoms with Crippen molar-refractivity contribution in [2.75, 3.05) is 6.54 Å². The highest BCUT2D eigenvalue weighted by molar-refractivity contribution is 4.97. The van der Waals surface area contributed by atoms with Crippen LogP contribution in [0.5, 0.6) is 0 Å². The van der Waals surface area contributed by atoms with Crippen molar-refractivity contribution < 1.29 is 0 Å².